The van der Waals surface area contributed by atoms with Gasteiger partial charge in [-0.3, -0.25) is 0 Å². The molecule has 0 aliphatic carbocycles. The van der Waals surface area contributed by atoms with Gasteiger partial charge in [0.25, 0.3) is 0 Å². The predicted molar refractivity (Wildman–Crippen MR) is 49.7 cm³/mol. The van der Waals surface area contributed by atoms with Crippen LogP contribution in [-0.4, -0.2) is 24.0 Å². The van der Waals surface area contributed by atoms with Gasteiger partial charge in [0.2, 0.25) is 0 Å². The van der Waals surface area contributed by atoms with Crippen LogP contribution in [-0.2, 0) is 0 Å². The second-order valence-electron chi connectivity index (χ2n) is 3.72. The second kappa shape index (κ2) is 4.10. The van der Waals surface area contributed by atoms with Gasteiger partial charge in [-0.2, -0.15) is 0 Å². The van der Waals surface area contributed by atoms with Crippen molar-refractivity contribution >= 4 is 0 Å². The molecular weight excluding hydrogens is 134 g/mol. The Morgan fingerprint density at radius 3 is 2.55 bits per heavy atom. The lowest BCUT2D eigenvalue weighted by Crippen LogP contribution is -2.43. The van der Waals surface area contributed by atoms with E-state index in [2.05, 4.69) is 25.7 Å². The van der Waals surface area contributed by atoms with Crippen LogP contribution in [0.3, 0.4) is 0 Å². The van der Waals surface area contributed by atoms with Crippen molar-refractivity contribution in [2.45, 2.75) is 46.1 Å². The number of rotatable bonds is 2. The van der Waals surface area contributed by atoms with Crippen LogP contribution in [0.15, 0.2) is 0 Å². The third kappa shape index (κ3) is 1.96. The zero-order chi connectivity index (χ0) is 8.27. The van der Waals surface area contributed by atoms with Gasteiger partial charge in [-0.25, -0.2) is 0 Å². The third-order valence-electron chi connectivity index (χ3n) is 3.06. The molecule has 66 valence electrons. The van der Waals surface area contributed by atoms with E-state index in [0.717, 1.165) is 12.0 Å². The van der Waals surface area contributed by atoms with E-state index in [1.807, 2.05) is 0 Å². The molecule has 0 radical (unpaired) electrons. The molecule has 1 heterocycles. The molecule has 0 amide bonds. The van der Waals surface area contributed by atoms with Crippen molar-refractivity contribution in [3.63, 3.8) is 0 Å². The highest BCUT2D eigenvalue weighted by Crippen LogP contribution is 2.24. The van der Waals surface area contributed by atoms with E-state index in [0.29, 0.717) is 0 Å². The molecule has 0 aromatic heterocycles. The van der Waals surface area contributed by atoms with Gasteiger partial charge in [-0.1, -0.05) is 20.8 Å². The highest BCUT2D eigenvalue weighted by Gasteiger charge is 2.25. The van der Waals surface area contributed by atoms with Crippen molar-refractivity contribution in [1.29, 1.82) is 0 Å². The number of piperidine rings is 1. The van der Waals surface area contributed by atoms with Crippen LogP contribution in [0.5, 0.6) is 0 Å². The molecule has 0 aromatic carbocycles. The van der Waals surface area contributed by atoms with Gasteiger partial charge < -0.3 is 4.90 Å². The number of hydrogen-bond donors (Lipinski definition) is 0. The van der Waals surface area contributed by atoms with Crippen molar-refractivity contribution in [3.8, 4) is 0 Å². The normalized spacial score (nSPS) is 34.1. The Morgan fingerprint density at radius 1 is 1.36 bits per heavy atom. The van der Waals surface area contributed by atoms with Crippen molar-refractivity contribution in [1.82, 2.24) is 4.90 Å². The summed E-state index contributed by atoms with van der Waals surface area (Å²) in [6.07, 6.45) is 4.18. The topological polar surface area (TPSA) is 3.24 Å². The molecule has 1 heteroatoms. The Morgan fingerprint density at radius 2 is 2.09 bits per heavy atom. The monoisotopic (exact) mass is 155 g/mol. The molecule has 1 fully saturated rings. The Kier molecular flexibility index (Phi) is 3.38. The average Bonchev–Trinajstić information content (AvgIpc) is 2.04. The first-order valence-electron chi connectivity index (χ1n) is 5.03. The molecule has 1 nitrogen and oxygen atoms in total. The molecule has 1 aliphatic heterocycles. The van der Waals surface area contributed by atoms with E-state index in [1.54, 1.807) is 0 Å². The Hall–Kier alpha value is -0.0400. The first-order valence-corrected chi connectivity index (χ1v) is 5.03. The van der Waals surface area contributed by atoms with Crippen LogP contribution >= 0.6 is 0 Å². The lowest BCUT2D eigenvalue weighted by atomic mass is 9.89. The summed E-state index contributed by atoms with van der Waals surface area (Å²) in [5.74, 6) is 0.925. The van der Waals surface area contributed by atoms with Gasteiger partial charge in [0.15, 0.2) is 0 Å². The fraction of sp³-hybridized carbons (Fsp3) is 1.00. The molecule has 0 spiro atoms. The predicted octanol–water partition coefficient (Wildman–Crippen LogP) is 2.52. The van der Waals surface area contributed by atoms with E-state index in [4.69, 9.17) is 0 Å². The number of hydrogen-bond acceptors (Lipinski definition) is 1. The molecule has 0 unspecified atom stereocenters. The molecular formula is C10H21N. The van der Waals surface area contributed by atoms with Crippen molar-refractivity contribution in [2.24, 2.45) is 5.92 Å². The van der Waals surface area contributed by atoms with E-state index in [9.17, 15) is 0 Å². The molecule has 0 saturated carbocycles. The molecule has 0 bridgehead atoms. The van der Waals surface area contributed by atoms with E-state index in [1.165, 1.54) is 32.4 Å². The van der Waals surface area contributed by atoms with Crippen LogP contribution in [0.25, 0.3) is 0 Å². The average molecular weight is 155 g/mol. The quantitative estimate of drug-likeness (QED) is 0.592. The summed E-state index contributed by atoms with van der Waals surface area (Å²) >= 11 is 0. The smallest absolute Gasteiger partial charge is 0.0118 e. The largest absolute Gasteiger partial charge is 0.300 e. The van der Waals surface area contributed by atoms with Gasteiger partial charge in [0.05, 0.1) is 0 Å². The number of likely N-dealkylation sites (tertiary alicyclic amines) is 1. The van der Waals surface area contributed by atoms with Crippen molar-refractivity contribution in [3.05, 3.63) is 0 Å². The van der Waals surface area contributed by atoms with Crippen molar-refractivity contribution < 1.29 is 0 Å². The maximum Gasteiger partial charge on any atom is 0.0118 e. The maximum absolute atomic E-state index is 2.63. The lowest BCUT2D eigenvalue weighted by molar-refractivity contribution is 0.104. The van der Waals surface area contributed by atoms with Gasteiger partial charge in [-0.05, 0) is 38.3 Å². The summed E-state index contributed by atoms with van der Waals surface area (Å²) in [6.45, 7) is 9.56. The summed E-state index contributed by atoms with van der Waals surface area (Å²) in [6, 6.07) is 0.869. The summed E-state index contributed by atoms with van der Waals surface area (Å²) in [4.78, 5) is 2.63. The summed E-state index contributed by atoms with van der Waals surface area (Å²) < 4.78 is 0. The maximum atomic E-state index is 2.63. The fourth-order valence-corrected chi connectivity index (χ4v) is 2.39. The minimum atomic E-state index is 0.869. The minimum Gasteiger partial charge on any atom is -0.300 e. The number of nitrogens with zero attached hydrogens (tertiary/aromatic N) is 1. The van der Waals surface area contributed by atoms with E-state index in [-0.39, 0.29) is 0 Å². The van der Waals surface area contributed by atoms with Gasteiger partial charge in [0, 0.05) is 6.04 Å². The molecule has 11 heavy (non-hydrogen) atoms. The lowest BCUT2D eigenvalue weighted by Gasteiger charge is -2.38. The Bertz CT molecular complexity index is 111. The van der Waals surface area contributed by atoms with Crippen molar-refractivity contribution in [2.75, 3.05) is 13.1 Å². The van der Waals surface area contributed by atoms with E-state index >= 15 is 0 Å². The molecule has 2 atom stereocenters. The van der Waals surface area contributed by atoms with Gasteiger partial charge in [-0.15, -0.1) is 0 Å². The SMILES string of the molecule is CC[C@H]1[C@H](C)CCCN1CC. The highest BCUT2D eigenvalue weighted by molar-refractivity contribution is 4.79. The highest BCUT2D eigenvalue weighted by atomic mass is 15.2. The fourth-order valence-electron chi connectivity index (χ4n) is 2.39. The van der Waals surface area contributed by atoms with Crippen LogP contribution < -0.4 is 0 Å². The van der Waals surface area contributed by atoms with Gasteiger partial charge >= 0.3 is 0 Å². The Labute approximate surface area is 70.8 Å². The summed E-state index contributed by atoms with van der Waals surface area (Å²) in [5, 5.41) is 0. The molecule has 0 aromatic rings. The second-order valence-corrected chi connectivity index (χ2v) is 3.72. The van der Waals surface area contributed by atoms with Crippen LogP contribution in [0.4, 0.5) is 0 Å². The standard InChI is InChI=1S/C10H21N/c1-4-10-9(3)7-6-8-11(10)5-2/h9-10H,4-8H2,1-3H3/t9-,10+/m1/s1. The minimum absolute atomic E-state index is 0.869. The van der Waals surface area contributed by atoms with Gasteiger partial charge in [0.1, 0.15) is 0 Å². The zero-order valence-corrected chi connectivity index (χ0v) is 8.14. The molecule has 1 aliphatic rings. The van der Waals surface area contributed by atoms with Crippen LogP contribution in [0.2, 0.25) is 0 Å². The Balaban J connectivity index is 2.48. The first-order chi connectivity index (χ1) is 5.29. The molecule has 0 N–H and O–H groups in total. The van der Waals surface area contributed by atoms with Crippen LogP contribution in [0, 0.1) is 5.92 Å². The van der Waals surface area contributed by atoms with Crippen LogP contribution in [0.1, 0.15) is 40.0 Å². The van der Waals surface area contributed by atoms with E-state index < -0.39 is 0 Å². The molecule has 1 rings (SSSR count). The first kappa shape index (κ1) is 9.05. The summed E-state index contributed by atoms with van der Waals surface area (Å²) in [7, 11) is 0. The zero-order valence-electron chi connectivity index (χ0n) is 8.14. The molecule has 1 saturated heterocycles. The summed E-state index contributed by atoms with van der Waals surface area (Å²) in [5.41, 5.74) is 0. The third-order valence-corrected chi connectivity index (χ3v) is 3.06.